The van der Waals surface area contributed by atoms with Crippen molar-refractivity contribution in [1.82, 2.24) is 5.32 Å². The summed E-state index contributed by atoms with van der Waals surface area (Å²) in [5, 5.41) is 2.62. The van der Waals surface area contributed by atoms with Gasteiger partial charge in [-0.25, -0.2) is 0 Å². The first kappa shape index (κ1) is 12.6. The second-order valence-corrected chi connectivity index (χ2v) is 4.38. The molecule has 1 aromatic rings. The van der Waals surface area contributed by atoms with Crippen LogP contribution < -0.4 is 5.32 Å². The Hall–Kier alpha value is -1.84. The molecule has 0 aromatic heterocycles. The Balaban J connectivity index is 1.78. The number of rotatable bonds is 5. The molecule has 0 bridgehead atoms. The van der Waals surface area contributed by atoms with E-state index in [4.69, 9.17) is 4.74 Å². The second kappa shape index (κ2) is 5.67. The molecule has 0 saturated heterocycles. The SMILES string of the molecule is CCOC(=O)CNC(=O)[C@H]1C[C@@H]1c1ccccc1. The van der Waals surface area contributed by atoms with Crippen molar-refractivity contribution in [2.75, 3.05) is 13.2 Å². The lowest BCUT2D eigenvalue weighted by Gasteiger charge is -2.04. The fourth-order valence-electron chi connectivity index (χ4n) is 2.06. The monoisotopic (exact) mass is 247 g/mol. The number of esters is 1. The minimum Gasteiger partial charge on any atom is -0.465 e. The van der Waals surface area contributed by atoms with Crippen LogP contribution in [0.15, 0.2) is 30.3 Å². The number of nitrogens with one attached hydrogen (secondary N) is 1. The highest BCUT2D eigenvalue weighted by molar-refractivity contribution is 5.86. The molecule has 1 N–H and O–H groups in total. The molecule has 1 amide bonds. The van der Waals surface area contributed by atoms with Gasteiger partial charge in [-0.05, 0) is 24.8 Å². The number of carbonyl (C=O) groups is 2. The van der Waals surface area contributed by atoms with E-state index in [0.29, 0.717) is 12.5 Å². The van der Waals surface area contributed by atoms with Crippen LogP contribution in [-0.4, -0.2) is 25.0 Å². The van der Waals surface area contributed by atoms with Gasteiger partial charge in [-0.15, -0.1) is 0 Å². The number of ether oxygens (including phenoxy) is 1. The van der Waals surface area contributed by atoms with Crippen LogP contribution in [0.1, 0.15) is 24.8 Å². The predicted molar refractivity (Wildman–Crippen MR) is 66.9 cm³/mol. The van der Waals surface area contributed by atoms with E-state index in [9.17, 15) is 9.59 Å². The van der Waals surface area contributed by atoms with Crippen molar-refractivity contribution in [2.45, 2.75) is 19.3 Å². The van der Waals surface area contributed by atoms with Crippen molar-refractivity contribution in [3.63, 3.8) is 0 Å². The molecule has 2 rings (SSSR count). The molecule has 0 spiro atoms. The number of benzene rings is 1. The maximum Gasteiger partial charge on any atom is 0.325 e. The summed E-state index contributed by atoms with van der Waals surface area (Å²) in [6.07, 6.45) is 0.860. The molecule has 96 valence electrons. The fraction of sp³-hybridized carbons (Fsp3) is 0.429. The van der Waals surface area contributed by atoms with Gasteiger partial charge in [-0.3, -0.25) is 9.59 Å². The van der Waals surface area contributed by atoms with Gasteiger partial charge in [0, 0.05) is 5.92 Å². The van der Waals surface area contributed by atoms with Gasteiger partial charge in [0.2, 0.25) is 5.91 Å². The fourth-order valence-corrected chi connectivity index (χ4v) is 2.06. The molecule has 4 nitrogen and oxygen atoms in total. The predicted octanol–water partition coefficient (Wildman–Crippen LogP) is 1.47. The van der Waals surface area contributed by atoms with E-state index in [0.717, 1.165) is 6.42 Å². The van der Waals surface area contributed by atoms with E-state index in [2.05, 4.69) is 5.32 Å². The Morgan fingerprint density at radius 1 is 1.33 bits per heavy atom. The zero-order chi connectivity index (χ0) is 13.0. The summed E-state index contributed by atoms with van der Waals surface area (Å²) in [6, 6.07) is 9.97. The summed E-state index contributed by atoms with van der Waals surface area (Å²) < 4.78 is 4.75. The van der Waals surface area contributed by atoms with Gasteiger partial charge in [0.1, 0.15) is 6.54 Å². The van der Waals surface area contributed by atoms with Gasteiger partial charge in [-0.1, -0.05) is 30.3 Å². The molecule has 18 heavy (non-hydrogen) atoms. The Morgan fingerprint density at radius 3 is 2.72 bits per heavy atom. The molecule has 4 heteroatoms. The summed E-state index contributed by atoms with van der Waals surface area (Å²) in [5.41, 5.74) is 1.19. The lowest BCUT2D eigenvalue weighted by atomic mass is 10.1. The van der Waals surface area contributed by atoms with Crippen molar-refractivity contribution < 1.29 is 14.3 Å². The first-order valence-electron chi connectivity index (χ1n) is 6.20. The molecule has 1 saturated carbocycles. The first-order valence-corrected chi connectivity index (χ1v) is 6.20. The summed E-state index contributed by atoms with van der Waals surface area (Å²) in [7, 11) is 0. The van der Waals surface area contributed by atoms with Gasteiger partial charge in [-0.2, -0.15) is 0 Å². The van der Waals surface area contributed by atoms with Crippen LogP contribution in [0.5, 0.6) is 0 Å². The third-order valence-corrected chi connectivity index (χ3v) is 3.07. The van der Waals surface area contributed by atoms with Gasteiger partial charge in [0.05, 0.1) is 6.61 Å². The van der Waals surface area contributed by atoms with Gasteiger partial charge in [0.15, 0.2) is 0 Å². The highest BCUT2D eigenvalue weighted by Gasteiger charge is 2.43. The number of hydrogen-bond donors (Lipinski definition) is 1. The topological polar surface area (TPSA) is 55.4 Å². The average molecular weight is 247 g/mol. The Morgan fingerprint density at radius 2 is 2.06 bits per heavy atom. The van der Waals surface area contributed by atoms with E-state index in [-0.39, 0.29) is 24.3 Å². The molecule has 1 aliphatic rings. The quantitative estimate of drug-likeness (QED) is 0.802. The Bertz CT molecular complexity index is 430. The van der Waals surface area contributed by atoms with E-state index in [1.165, 1.54) is 5.56 Å². The average Bonchev–Trinajstić information content (AvgIpc) is 3.18. The summed E-state index contributed by atoms with van der Waals surface area (Å²) in [6.45, 7) is 2.04. The second-order valence-electron chi connectivity index (χ2n) is 4.38. The van der Waals surface area contributed by atoms with E-state index >= 15 is 0 Å². The van der Waals surface area contributed by atoms with E-state index < -0.39 is 0 Å². The molecule has 0 heterocycles. The molecule has 1 aromatic carbocycles. The van der Waals surface area contributed by atoms with Crippen molar-refractivity contribution in [3.8, 4) is 0 Å². The van der Waals surface area contributed by atoms with Gasteiger partial charge < -0.3 is 10.1 Å². The molecular formula is C14H17NO3. The number of amides is 1. The third kappa shape index (κ3) is 3.09. The summed E-state index contributed by atoms with van der Waals surface area (Å²) in [5.74, 6) is -0.144. The van der Waals surface area contributed by atoms with Crippen LogP contribution in [-0.2, 0) is 14.3 Å². The van der Waals surface area contributed by atoms with Crippen molar-refractivity contribution >= 4 is 11.9 Å². The third-order valence-electron chi connectivity index (χ3n) is 3.07. The Kier molecular flexibility index (Phi) is 3.97. The first-order chi connectivity index (χ1) is 8.72. The van der Waals surface area contributed by atoms with E-state index in [1.807, 2.05) is 30.3 Å². The Labute approximate surface area is 106 Å². The number of carbonyl (C=O) groups excluding carboxylic acids is 2. The van der Waals surface area contributed by atoms with E-state index in [1.54, 1.807) is 6.92 Å². The van der Waals surface area contributed by atoms with Crippen molar-refractivity contribution in [1.29, 1.82) is 0 Å². The van der Waals surface area contributed by atoms with Gasteiger partial charge in [0.25, 0.3) is 0 Å². The van der Waals surface area contributed by atoms with Crippen LogP contribution in [0.2, 0.25) is 0 Å². The minimum absolute atomic E-state index is 0.00169. The normalized spacial score (nSPS) is 21.2. The van der Waals surface area contributed by atoms with Crippen molar-refractivity contribution in [3.05, 3.63) is 35.9 Å². The molecular weight excluding hydrogens is 230 g/mol. The summed E-state index contributed by atoms with van der Waals surface area (Å²) >= 11 is 0. The van der Waals surface area contributed by atoms with Crippen LogP contribution in [0.4, 0.5) is 0 Å². The van der Waals surface area contributed by atoms with Crippen LogP contribution in [0, 0.1) is 5.92 Å². The smallest absolute Gasteiger partial charge is 0.325 e. The summed E-state index contributed by atoms with van der Waals surface area (Å²) in [4.78, 5) is 22.9. The van der Waals surface area contributed by atoms with Gasteiger partial charge >= 0.3 is 5.97 Å². The zero-order valence-electron chi connectivity index (χ0n) is 10.4. The standard InChI is InChI=1S/C14H17NO3/c1-2-18-13(16)9-15-14(17)12-8-11(12)10-6-4-3-5-7-10/h3-7,11-12H,2,8-9H2,1H3,(H,15,17)/t11-,12+/m1/s1. The maximum atomic E-state index is 11.8. The highest BCUT2D eigenvalue weighted by Crippen LogP contribution is 2.47. The van der Waals surface area contributed by atoms with Crippen LogP contribution in [0.3, 0.4) is 0 Å². The lowest BCUT2D eigenvalue weighted by molar-refractivity contribution is -0.143. The molecule has 0 unspecified atom stereocenters. The molecule has 1 aliphatic carbocycles. The van der Waals surface area contributed by atoms with Crippen molar-refractivity contribution in [2.24, 2.45) is 5.92 Å². The van der Waals surface area contributed by atoms with Crippen LogP contribution in [0.25, 0.3) is 0 Å². The lowest BCUT2D eigenvalue weighted by Crippen LogP contribution is -2.32. The highest BCUT2D eigenvalue weighted by atomic mass is 16.5. The zero-order valence-corrected chi connectivity index (χ0v) is 10.4. The largest absolute Gasteiger partial charge is 0.465 e. The van der Waals surface area contributed by atoms with Crippen LogP contribution >= 0.6 is 0 Å². The molecule has 0 aliphatic heterocycles. The number of hydrogen-bond acceptors (Lipinski definition) is 3. The molecule has 1 fully saturated rings. The maximum absolute atomic E-state index is 11.8. The molecule has 0 radical (unpaired) electrons. The molecule has 2 atom stereocenters. The minimum atomic E-state index is -0.386.